The lowest BCUT2D eigenvalue weighted by Crippen LogP contribution is -2.12. The highest BCUT2D eigenvalue weighted by atomic mass is 16.1. The van der Waals surface area contributed by atoms with Gasteiger partial charge in [-0.1, -0.05) is 0 Å². The van der Waals surface area contributed by atoms with E-state index in [9.17, 15) is 4.79 Å². The van der Waals surface area contributed by atoms with E-state index in [-0.39, 0.29) is 0 Å². The molecular formula is C7H11N3O. The molecule has 0 aliphatic carbocycles. The fraction of sp³-hybridized carbons (Fsp3) is 0.429. The van der Waals surface area contributed by atoms with Crippen LogP contribution in [0, 0.1) is 6.92 Å². The molecule has 1 aromatic rings. The molecule has 1 heterocycles. The van der Waals surface area contributed by atoms with Crippen molar-refractivity contribution in [3.63, 3.8) is 0 Å². The molecule has 11 heavy (non-hydrogen) atoms. The van der Waals surface area contributed by atoms with Crippen LogP contribution >= 0.6 is 0 Å². The molecule has 0 saturated heterocycles. The molecule has 1 amide bonds. The van der Waals surface area contributed by atoms with Gasteiger partial charge >= 0.3 is 0 Å². The topological polar surface area (TPSA) is 46.9 Å². The monoisotopic (exact) mass is 153 g/mol. The summed E-state index contributed by atoms with van der Waals surface area (Å²) in [6, 6.07) is 0. The second-order valence-electron chi connectivity index (χ2n) is 2.35. The molecule has 1 N–H and O–H groups in total. The molecule has 0 bridgehead atoms. The Bertz CT molecular complexity index is 254. The molecule has 1 rings (SSSR count). The average Bonchev–Trinajstić information content (AvgIpc) is 2.31. The number of imidazole rings is 1. The van der Waals surface area contributed by atoms with Crippen LogP contribution in [0.25, 0.3) is 0 Å². The molecule has 60 valence electrons. The van der Waals surface area contributed by atoms with E-state index >= 15 is 0 Å². The molecule has 0 aromatic carbocycles. The number of nitrogens with one attached hydrogen (secondary N) is 1. The smallest absolute Gasteiger partial charge is 0.207 e. The van der Waals surface area contributed by atoms with Crippen LogP contribution in [0.5, 0.6) is 0 Å². The Kier molecular flexibility index (Phi) is 2.25. The number of aryl methyl sites for hydroxylation is 1. The van der Waals surface area contributed by atoms with Crippen LogP contribution in [0.15, 0.2) is 6.20 Å². The summed E-state index contributed by atoms with van der Waals surface area (Å²) in [4.78, 5) is 14.0. The van der Waals surface area contributed by atoms with Gasteiger partial charge in [0.15, 0.2) is 0 Å². The maximum atomic E-state index is 9.96. The third-order valence-corrected chi connectivity index (χ3v) is 1.68. The summed E-state index contributed by atoms with van der Waals surface area (Å²) in [7, 11) is 1.92. The van der Waals surface area contributed by atoms with Gasteiger partial charge in [0, 0.05) is 7.05 Å². The van der Waals surface area contributed by atoms with Crippen LogP contribution in [0.2, 0.25) is 0 Å². The molecule has 0 atom stereocenters. The Hall–Kier alpha value is -1.32. The van der Waals surface area contributed by atoms with E-state index in [0.717, 1.165) is 11.5 Å². The molecule has 0 saturated carbocycles. The summed E-state index contributed by atoms with van der Waals surface area (Å²) >= 11 is 0. The lowest BCUT2D eigenvalue weighted by molar-refractivity contribution is -0.109. The van der Waals surface area contributed by atoms with E-state index < -0.39 is 0 Å². The van der Waals surface area contributed by atoms with E-state index in [1.165, 1.54) is 0 Å². The predicted octanol–water partition coefficient (Wildman–Crippen LogP) is -0.0255. The van der Waals surface area contributed by atoms with Crippen LogP contribution in [0.3, 0.4) is 0 Å². The van der Waals surface area contributed by atoms with Crippen molar-refractivity contribution < 1.29 is 4.79 Å². The zero-order valence-electron chi connectivity index (χ0n) is 6.66. The van der Waals surface area contributed by atoms with Crippen LogP contribution in [-0.4, -0.2) is 16.0 Å². The van der Waals surface area contributed by atoms with Gasteiger partial charge in [0.2, 0.25) is 6.41 Å². The average molecular weight is 153 g/mol. The minimum atomic E-state index is 0.542. The highest BCUT2D eigenvalue weighted by molar-refractivity contribution is 5.45. The first-order valence-corrected chi connectivity index (χ1v) is 3.40. The van der Waals surface area contributed by atoms with Gasteiger partial charge in [-0.05, 0) is 6.92 Å². The summed E-state index contributed by atoms with van der Waals surface area (Å²) in [5, 5.41) is 2.58. The van der Waals surface area contributed by atoms with Crippen molar-refractivity contribution in [2.24, 2.45) is 7.05 Å². The van der Waals surface area contributed by atoms with Crippen LogP contribution < -0.4 is 5.32 Å². The minimum absolute atomic E-state index is 0.542. The van der Waals surface area contributed by atoms with Crippen molar-refractivity contribution in [1.29, 1.82) is 0 Å². The molecule has 1 aromatic heterocycles. The Morgan fingerprint density at radius 1 is 1.82 bits per heavy atom. The highest BCUT2D eigenvalue weighted by Gasteiger charge is 1.99. The molecule has 0 spiro atoms. The normalized spacial score (nSPS) is 9.64. The van der Waals surface area contributed by atoms with Gasteiger partial charge in [-0.2, -0.15) is 0 Å². The zero-order chi connectivity index (χ0) is 8.27. The number of nitrogens with zero attached hydrogens (tertiary/aromatic N) is 2. The number of carbonyl (C=O) groups excluding carboxylic acids is 1. The largest absolute Gasteiger partial charge is 0.353 e. The molecule has 0 unspecified atom stereocenters. The molecule has 0 fully saturated rings. The standard InChI is InChI=1S/C7H11N3O/c1-6-9-4-7(10(6)2)3-8-5-11/h4-5H,3H2,1-2H3,(H,8,11). The number of hydrogen-bond acceptors (Lipinski definition) is 2. The Morgan fingerprint density at radius 3 is 3.00 bits per heavy atom. The SMILES string of the molecule is Cc1ncc(CNC=O)n1C. The zero-order valence-corrected chi connectivity index (χ0v) is 6.66. The number of hydrogen-bond donors (Lipinski definition) is 1. The van der Waals surface area contributed by atoms with Gasteiger partial charge in [-0.15, -0.1) is 0 Å². The number of rotatable bonds is 3. The van der Waals surface area contributed by atoms with Gasteiger partial charge in [0.05, 0.1) is 18.4 Å². The molecule has 4 nitrogen and oxygen atoms in total. The minimum Gasteiger partial charge on any atom is -0.353 e. The summed E-state index contributed by atoms with van der Waals surface area (Å²) in [6.07, 6.45) is 2.44. The van der Waals surface area contributed by atoms with Gasteiger partial charge in [0.1, 0.15) is 5.82 Å². The molecule has 0 aliphatic heterocycles. The first-order chi connectivity index (χ1) is 5.25. The van der Waals surface area contributed by atoms with Gasteiger partial charge in [-0.3, -0.25) is 4.79 Å². The molecule has 0 radical (unpaired) electrons. The van der Waals surface area contributed by atoms with Crippen molar-refractivity contribution in [2.75, 3.05) is 0 Å². The van der Waals surface area contributed by atoms with E-state index in [4.69, 9.17) is 0 Å². The summed E-state index contributed by atoms with van der Waals surface area (Å²) < 4.78 is 1.94. The van der Waals surface area contributed by atoms with E-state index in [1.807, 2.05) is 18.5 Å². The van der Waals surface area contributed by atoms with Gasteiger partial charge < -0.3 is 9.88 Å². The first-order valence-electron chi connectivity index (χ1n) is 3.40. The van der Waals surface area contributed by atoms with Crippen LogP contribution in [0.4, 0.5) is 0 Å². The third kappa shape index (κ3) is 1.58. The van der Waals surface area contributed by atoms with Crippen molar-refractivity contribution in [1.82, 2.24) is 14.9 Å². The van der Waals surface area contributed by atoms with Gasteiger partial charge in [-0.25, -0.2) is 4.98 Å². The predicted molar refractivity (Wildman–Crippen MR) is 40.8 cm³/mol. The molecule has 0 aliphatic rings. The second kappa shape index (κ2) is 3.18. The van der Waals surface area contributed by atoms with Crippen molar-refractivity contribution in [3.05, 3.63) is 17.7 Å². The Morgan fingerprint density at radius 2 is 2.55 bits per heavy atom. The quantitative estimate of drug-likeness (QED) is 0.620. The van der Waals surface area contributed by atoms with E-state index in [1.54, 1.807) is 6.20 Å². The van der Waals surface area contributed by atoms with Crippen LogP contribution in [-0.2, 0) is 18.4 Å². The van der Waals surface area contributed by atoms with Crippen LogP contribution in [0.1, 0.15) is 11.5 Å². The Balaban J connectivity index is 2.70. The summed E-state index contributed by atoms with van der Waals surface area (Å²) in [6.45, 7) is 2.46. The third-order valence-electron chi connectivity index (χ3n) is 1.68. The van der Waals surface area contributed by atoms with Crippen molar-refractivity contribution >= 4 is 6.41 Å². The lowest BCUT2D eigenvalue weighted by Gasteiger charge is -2.00. The number of carbonyl (C=O) groups is 1. The maximum absolute atomic E-state index is 9.96. The second-order valence-corrected chi connectivity index (χ2v) is 2.35. The van der Waals surface area contributed by atoms with Gasteiger partial charge in [0.25, 0.3) is 0 Å². The maximum Gasteiger partial charge on any atom is 0.207 e. The fourth-order valence-electron chi connectivity index (χ4n) is 0.859. The highest BCUT2D eigenvalue weighted by Crippen LogP contribution is 1.99. The fourth-order valence-corrected chi connectivity index (χ4v) is 0.859. The number of amides is 1. The van der Waals surface area contributed by atoms with E-state index in [0.29, 0.717) is 13.0 Å². The van der Waals surface area contributed by atoms with Crippen molar-refractivity contribution in [2.45, 2.75) is 13.5 Å². The molecular weight excluding hydrogens is 142 g/mol. The molecule has 4 heteroatoms. The van der Waals surface area contributed by atoms with E-state index in [2.05, 4.69) is 10.3 Å². The Labute approximate surface area is 65.2 Å². The van der Waals surface area contributed by atoms with Crippen molar-refractivity contribution in [3.8, 4) is 0 Å². The summed E-state index contributed by atoms with van der Waals surface area (Å²) in [5.41, 5.74) is 1.01. The lowest BCUT2D eigenvalue weighted by atomic mass is 10.4. The first kappa shape index (κ1) is 7.78. The number of aromatic nitrogens is 2. The summed E-state index contributed by atoms with van der Waals surface area (Å²) in [5.74, 6) is 0.952.